The van der Waals surface area contributed by atoms with E-state index in [-0.39, 0.29) is 0 Å². The van der Waals surface area contributed by atoms with Gasteiger partial charge in [-0.05, 0) is 38.9 Å². The minimum Gasteiger partial charge on any atom is -0.389 e. The fourth-order valence-electron chi connectivity index (χ4n) is 1.70. The van der Waals surface area contributed by atoms with Crippen molar-refractivity contribution in [3.63, 3.8) is 0 Å². The predicted molar refractivity (Wildman–Crippen MR) is 63.9 cm³/mol. The van der Waals surface area contributed by atoms with Crippen LogP contribution in [0.2, 0.25) is 0 Å². The van der Waals surface area contributed by atoms with E-state index in [1.54, 1.807) is 0 Å². The topological polar surface area (TPSA) is 32.3 Å². The molecule has 0 spiro atoms. The molecule has 1 aliphatic heterocycles. The molecule has 2 N–H and O–H groups in total. The van der Waals surface area contributed by atoms with E-state index in [1.807, 2.05) is 13.8 Å². The zero-order chi connectivity index (χ0) is 10.7. The van der Waals surface area contributed by atoms with Crippen LogP contribution in [-0.4, -0.2) is 34.3 Å². The lowest BCUT2D eigenvalue weighted by Gasteiger charge is -2.27. The van der Waals surface area contributed by atoms with E-state index in [9.17, 15) is 5.11 Å². The third-order valence-corrected chi connectivity index (χ3v) is 4.61. The largest absolute Gasteiger partial charge is 0.389 e. The Bertz CT molecular complexity index is 176. The van der Waals surface area contributed by atoms with Crippen LogP contribution in [0.25, 0.3) is 0 Å². The van der Waals surface area contributed by atoms with Crippen LogP contribution in [0.3, 0.4) is 0 Å². The Balaban J connectivity index is 2.20. The molecule has 0 aromatic carbocycles. The number of hydrogen-bond acceptors (Lipinski definition) is 3. The SMILES string of the molecule is CCC(C)(O)CNCC1(C)CCCS1. The van der Waals surface area contributed by atoms with Gasteiger partial charge in [0.2, 0.25) is 0 Å². The van der Waals surface area contributed by atoms with E-state index < -0.39 is 5.60 Å². The average molecular weight is 217 g/mol. The van der Waals surface area contributed by atoms with Crippen LogP contribution in [0.5, 0.6) is 0 Å². The van der Waals surface area contributed by atoms with Crippen molar-refractivity contribution in [3.8, 4) is 0 Å². The Labute approximate surface area is 91.9 Å². The molecular weight excluding hydrogens is 194 g/mol. The quantitative estimate of drug-likeness (QED) is 0.739. The fourth-order valence-corrected chi connectivity index (χ4v) is 2.97. The zero-order valence-corrected chi connectivity index (χ0v) is 10.4. The van der Waals surface area contributed by atoms with Crippen LogP contribution in [0.4, 0.5) is 0 Å². The molecule has 2 unspecified atom stereocenters. The molecule has 1 saturated heterocycles. The van der Waals surface area contributed by atoms with Crippen molar-refractivity contribution in [2.24, 2.45) is 0 Å². The minimum atomic E-state index is -0.542. The number of hydrogen-bond donors (Lipinski definition) is 2. The van der Waals surface area contributed by atoms with Crippen LogP contribution < -0.4 is 5.32 Å². The summed E-state index contributed by atoms with van der Waals surface area (Å²) in [5.74, 6) is 1.29. The maximum Gasteiger partial charge on any atom is 0.0740 e. The minimum absolute atomic E-state index is 0.407. The number of nitrogens with one attached hydrogen (secondary N) is 1. The molecule has 0 bridgehead atoms. The van der Waals surface area contributed by atoms with E-state index >= 15 is 0 Å². The molecular formula is C11H23NOS. The van der Waals surface area contributed by atoms with Crippen LogP contribution >= 0.6 is 11.8 Å². The molecule has 1 fully saturated rings. The normalized spacial score (nSPS) is 31.7. The van der Waals surface area contributed by atoms with Crippen LogP contribution in [0, 0.1) is 0 Å². The highest BCUT2D eigenvalue weighted by molar-refractivity contribution is 8.00. The summed E-state index contributed by atoms with van der Waals surface area (Å²) in [5.41, 5.74) is -0.542. The highest BCUT2D eigenvalue weighted by atomic mass is 32.2. The lowest BCUT2D eigenvalue weighted by molar-refractivity contribution is 0.0555. The smallest absolute Gasteiger partial charge is 0.0740 e. The summed E-state index contributed by atoms with van der Waals surface area (Å²) < 4.78 is 0.407. The maximum absolute atomic E-state index is 9.81. The van der Waals surface area contributed by atoms with Gasteiger partial charge in [-0.25, -0.2) is 0 Å². The molecule has 84 valence electrons. The first kappa shape index (κ1) is 12.3. The van der Waals surface area contributed by atoms with Crippen LogP contribution in [0.1, 0.15) is 40.0 Å². The van der Waals surface area contributed by atoms with E-state index in [0.717, 1.165) is 13.0 Å². The lowest BCUT2D eigenvalue weighted by Crippen LogP contribution is -2.42. The third-order valence-electron chi connectivity index (χ3n) is 3.07. The van der Waals surface area contributed by atoms with Crippen molar-refractivity contribution in [2.75, 3.05) is 18.8 Å². The number of rotatable bonds is 5. The summed E-state index contributed by atoms with van der Waals surface area (Å²) in [5, 5.41) is 13.2. The van der Waals surface area contributed by atoms with Gasteiger partial charge in [0.1, 0.15) is 0 Å². The summed E-state index contributed by atoms with van der Waals surface area (Å²) in [7, 11) is 0. The summed E-state index contributed by atoms with van der Waals surface area (Å²) in [6, 6.07) is 0. The average Bonchev–Trinajstić information content (AvgIpc) is 2.52. The van der Waals surface area contributed by atoms with E-state index in [0.29, 0.717) is 11.3 Å². The van der Waals surface area contributed by atoms with Gasteiger partial charge in [-0.2, -0.15) is 11.8 Å². The molecule has 0 aliphatic carbocycles. The van der Waals surface area contributed by atoms with Gasteiger partial charge in [0.25, 0.3) is 0 Å². The van der Waals surface area contributed by atoms with Crippen LogP contribution in [-0.2, 0) is 0 Å². The highest BCUT2D eigenvalue weighted by Gasteiger charge is 2.29. The van der Waals surface area contributed by atoms with Crippen molar-refractivity contribution in [1.82, 2.24) is 5.32 Å². The maximum atomic E-state index is 9.81. The highest BCUT2D eigenvalue weighted by Crippen LogP contribution is 2.36. The zero-order valence-electron chi connectivity index (χ0n) is 9.60. The standard InChI is InChI=1S/C11H23NOS/c1-4-10(2,13)8-12-9-11(3)6-5-7-14-11/h12-13H,4-9H2,1-3H3. The second-order valence-corrected chi connectivity index (χ2v) is 6.54. The van der Waals surface area contributed by atoms with Gasteiger partial charge < -0.3 is 10.4 Å². The van der Waals surface area contributed by atoms with Gasteiger partial charge in [-0.3, -0.25) is 0 Å². The Morgan fingerprint density at radius 3 is 2.79 bits per heavy atom. The first-order valence-electron chi connectivity index (χ1n) is 5.54. The fraction of sp³-hybridized carbons (Fsp3) is 1.00. The van der Waals surface area contributed by atoms with E-state index in [1.165, 1.54) is 18.6 Å². The molecule has 3 heteroatoms. The van der Waals surface area contributed by atoms with Crippen molar-refractivity contribution in [2.45, 2.75) is 50.4 Å². The van der Waals surface area contributed by atoms with Gasteiger partial charge in [-0.1, -0.05) is 6.92 Å². The van der Waals surface area contributed by atoms with Gasteiger partial charge in [0.15, 0.2) is 0 Å². The summed E-state index contributed by atoms with van der Waals surface area (Å²) in [6.45, 7) is 7.96. The van der Waals surface area contributed by atoms with Gasteiger partial charge in [0.05, 0.1) is 5.60 Å². The van der Waals surface area contributed by atoms with E-state index in [4.69, 9.17) is 0 Å². The van der Waals surface area contributed by atoms with Gasteiger partial charge in [-0.15, -0.1) is 0 Å². The summed E-state index contributed by atoms with van der Waals surface area (Å²) in [6.07, 6.45) is 3.45. The van der Waals surface area contributed by atoms with Crippen molar-refractivity contribution >= 4 is 11.8 Å². The van der Waals surface area contributed by atoms with Crippen molar-refractivity contribution in [1.29, 1.82) is 0 Å². The molecule has 0 saturated carbocycles. The van der Waals surface area contributed by atoms with Gasteiger partial charge in [0, 0.05) is 17.8 Å². The molecule has 1 rings (SSSR count). The second kappa shape index (κ2) is 4.86. The Hall–Kier alpha value is 0.270. The summed E-state index contributed by atoms with van der Waals surface area (Å²) in [4.78, 5) is 0. The molecule has 0 radical (unpaired) electrons. The van der Waals surface area contributed by atoms with Crippen LogP contribution in [0.15, 0.2) is 0 Å². The molecule has 0 amide bonds. The predicted octanol–water partition coefficient (Wildman–Crippen LogP) is 2.02. The second-order valence-electron chi connectivity index (χ2n) is 4.86. The molecule has 1 heterocycles. The monoisotopic (exact) mass is 217 g/mol. The van der Waals surface area contributed by atoms with Crippen molar-refractivity contribution in [3.05, 3.63) is 0 Å². The lowest BCUT2D eigenvalue weighted by atomic mass is 10.0. The molecule has 2 nitrogen and oxygen atoms in total. The summed E-state index contributed by atoms with van der Waals surface area (Å²) >= 11 is 2.06. The van der Waals surface area contributed by atoms with Gasteiger partial charge >= 0.3 is 0 Å². The molecule has 0 aromatic heterocycles. The molecule has 0 aromatic rings. The van der Waals surface area contributed by atoms with E-state index in [2.05, 4.69) is 24.0 Å². The first-order valence-corrected chi connectivity index (χ1v) is 6.53. The van der Waals surface area contributed by atoms with Crippen molar-refractivity contribution < 1.29 is 5.11 Å². The number of aliphatic hydroxyl groups is 1. The number of thioether (sulfide) groups is 1. The molecule has 1 aliphatic rings. The first-order chi connectivity index (χ1) is 6.47. The molecule has 2 atom stereocenters. The molecule has 14 heavy (non-hydrogen) atoms. The Morgan fingerprint density at radius 1 is 1.57 bits per heavy atom. The Kier molecular flexibility index (Phi) is 4.29. The third kappa shape index (κ3) is 3.79. The Morgan fingerprint density at radius 2 is 2.29 bits per heavy atom.